The molecule has 3 rings (SSSR count). The Bertz CT molecular complexity index is 580. The van der Waals surface area contributed by atoms with E-state index in [0.717, 1.165) is 0 Å². The van der Waals surface area contributed by atoms with Gasteiger partial charge in [0.25, 0.3) is 0 Å². The Morgan fingerprint density at radius 3 is 2.72 bits per heavy atom. The van der Waals surface area contributed by atoms with Gasteiger partial charge in [-0.05, 0) is 13.8 Å². The number of alkyl halides is 3. The van der Waals surface area contributed by atoms with Crippen LogP contribution in [-0.4, -0.2) is 73.9 Å². The highest BCUT2D eigenvalue weighted by Gasteiger charge is 2.61. The lowest BCUT2D eigenvalue weighted by Crippen LogP contribution is -2.56. The third-order valence-corrected chi connectivity index (χ3v) is 5.03. The van der Waals surface area contributed by atoms with Crippen molar-refractivity contribution in [3.8, 4) is 0 Å². The van der Waals surface area contributed by atoms with E-state index in [1.165, 1.54) is 11.0 Å². The molecule has 0 radical (unpaired) electrons. The molecule has 0 aromatic heterocycles. The molecule has 25 heavy (non-hydrogen) atoms. The fraction of sp³-hybridized carbons (Fsp3) is 0.800. The van der Waals surface area contributed by atoms with Crippen LogP contribution in [0.2, 0.25) is 0 Å². The number of hydrogen-bond acceptors (Lipinski definition) is 6. The van der Waals surface area contributed by atoms with Gasteiger partial charge in [0, 0.05) is 6.42 Å². The van der Waals surface area contributed by atoms with Crippen molar-refractivity contribution >= 4 is 40.9 Å². The average molecular weight is 417 g/mol. The molecule has 0 bridgehead atoms. The minimum atomic E-state index is -1.73. The zero-order valence-corrected chi connectivity index (χ0v) is 16.0. The van der Waals surface area contributed by atoms with Crippen LogP contribution in [0.1, 0.15) is 20.3 Å². The number of fused-ring (bicyclic) bond motifs is 1. The maximum absolute atomic E-state index is 12.5. The Labute approximate surface area is 160 Å². The second kappa shape index (κ2) is 6.41. The van der Waals surface area contributed by atoms with Crippen molar-refractivity contribution < 1.29 is 29.2 Å². The van der Waals surface area contributed by atoms with E-state index in [9.17, 15) is 15.0 Å². The highest BCUT2D eigenvalue weighted by Crippen LogP contribution is 2.44. The molecule has 2 heterocycles. The molecule has 0 aromatic rings. The third kappa shape index (κ3) is 3.88. The van der Waals surface area contributed by atoms with Gasteiger partial charge in [-0.2, -0.15) is 0 Å². The third-order valence-electron chi connectivity index (χ3n) is 4.71. The first kappa shape index (κ1) is 19.5. The van der Waals surface area contributed by atoms with Gasteiger partial charge in [-0.15, -0.1) is 0 Å². The topological polar surface area (TPSA) is 91.8 Å². The summed E-state index contributed by atoms with van der Waals surface area (Å²) in [6.45, 7) is 3.15. The predicted molar refractivity (Wildman–Crippen MR) is 90.7 cm³/mol. The van der Waals surface area contributed by atoms with Gasteiger partial charge in [0.1, 0.15) is 36.2 Å². The maximum Gasteiger partial charge on any atom is 0.412 e. The summed E-state index contributed by atoms with van der Waals surface area (Å²) >= 11 is 16.9. The largest absolute Gasteiger partial charge is 0.445 e. The Balaban J connectivity index is 1.74. The van der Waals surface area contributed by atoms with Crippen LogP contribution in [-0.2, 0) is 14.2 Å². The van der Waals surface area contributed by atoms with Gasteiger partial charge in [0.2, 0.25) is 3.79 Å². The number of aliphatic hydroxyl groups is 2. The lowest BCUT2D eigenvalue weighted by Gasteiger charge is -2.38. The Hall–Kier alpha value is -0.280. The first-order chi connectivity index (χ1) is 11.4. The van der Waals surface area contributed by atoms with Crippen LogP contribution in [0.4, 0.5) is 4.79 Å². The molecule has 0 saturated carbocycles. The van der Waals surface area contributed by atoms with E-state index in [2.05, 4.69) is 0 Å². The zero-order chi connectivity index (χ0) is 18.6. The molecule has 10 heteroatoms. The molecule has 0 unspecified atom stereocenters. The summed E-state index contributed by atoms with van der Waals surface area (Å²) in [4.78, 5) is 13.8. The lowest BCUT2D eigenvalue weighted by atomic mass is 9.81. The minimum absolute atomic E-state index is 0.0615. The number of nitrogens with zero attached hydrogens (tertiary/aromatic N) is 1. The number of halogens is 3. The summed E-state index contributed by atoms with van der Waals surface area (Å²) in [6.07, 6.45) is 0.734. The molecule has 2 aliphatic heterocycles. The van der Waals surface area contributed by atoms with Crippen LogP contribution >= 0.6 is 34.8 Å². The van der Waals surface area contributed by atoms with Crippen LogP contribution in [0, 0.1) is 0 Å². The van der Waals surface area contributed by atoms with E-state index in [1.54, 1.807) is 19.9 Å². The van der Waals surface area contributed by atoms with Gasteiger partial charge in [0.15, 0.2) is 0 Å². The van der Waals surface area contributed by atoms with Gasteiger partial charge in [-0.3, -0.25) is 4.90 Å². The summed E-state index contributed by atoms with van der Waals surface area (Å²) in [7, 11) is 0. The zero-order valence-electron chi connectivity index (χ0n) is 13.7. The van der Waals surface area contributed by atoms with Crippen LogP contribution in [0.5, 0.6) is 0 Å². The van der Waals surface area contributed by atoms with Gasteiger partial charge in [-0.25, -0.2) is 4.79 Å². The van der Waals surface area contributed by atoms with Crippen LogP contribution in [0.15, 0.2) is 12.2 Å². The molecule has 0 aromatic carbocycles. The molecule has 1 amide bonds. The van der Waals surface area contributed by atoms with E-state index in [0.29, 0.717) is 0 Å². The SMILES string of the molecule is CC1(C)OC[C@H](C[C@@]2(O)[C@@H]3O[C@@H]3C=C[C@@H]2O)N1C(=O)OCC(Cl)(Cl)Cl. The summed E-state index contributed by atoms with van der Waals surface area (Å²) in [5, 5.41) is 21.1. The molecular weight excluding hydrogens is 397 g/mol. The second-order valence-corrected chi connectivity index (χ2v) is 9.51. The summed E-state index contributed by atoms with van der Waals surface area (Å²) < 4.78 is 14.4. The smallest absolute Gasteiger partial charge is 0.412 e. The Morgan fingerprint density at radius 1 is 1.40 bits per heavy atom. The number of amides is 1. The van der Waals surface area contributed by atoms with Gasteiger partial charge < -0.3 is 24.4 Å². The highest BCUT2D eigenvalue weighted by molar-refractivity contribution is 6.67. The van der Waals surface area contributed by atoms with Gasteiger partial charge >= 0.3 is 6.09 Å². The first-order valence-corrected chi connectivity index (χ1v) is 8.98. The predicted octanol–water partition coefficient (Wildman–Crippen LogP) is 1.75. The quantitative estimate of drug-likeness (QED) is 0.414. The highest BCUT2D eigenvalue weighted by atomic mass is 35.6. The van der Waals surface area contributed by atoms with E-state index < -0.39 is 46.1 Å². The molecule has 142 valence electrons. The van der Waals surface area contributed by atoms with Crippen molar-refractivity contribution in [1.82, 2.24) is 4.90 Å². The molecule has 1 aliphatic carbocycles. The average Bonchev–Trinajstić information content (AvgIpc) is 3.21. The monoisotopic (exact) mass is 415 g/mol. The fourth-order valence-electron chi connectivity index (χ4n) is 3.45. The lowest BCUT2D eigenvalue weighted by molar-refractivity contribution is -0.0909. The standard InChI is InChI=1S/C15H20Cl3NO6/c1-13(2)19(12(21)23-7-15(16,17)18)8(6-24-13)5-14(22)10(20)4-3-9-11(14)25-9/h3-4,8-11,20,22H,5-7H2,1-2H3/t8-,9+,10-,11+,14-/m0/s1. The molecule has 3 aliphatic rings. The number of hydrogen-bond donors (Lipinski definition) is 2. The van der Waals surface area contributed by atoms with E-state index in [1.807, 2.05) is 0 Å². The van der Waals surface area contributed by atoms with Gasteiger partial charge in [-0.1, -0.05) is 47.0 Å². The summed E-state index contributed by atoms with van der Waals surface area (Å²) in [6, 6.07) is -0.533. The summed E-state index contributed by atoms with van der Waals surface area (Å²) in [5.41, 5.74) is -2.48. The molecule has 0 spiro atoms. The number of ether oxygens (including phenoxy) is 3. The van der Waals surface area contributed by atoms with Crippen molar-refractivity contribution in [3.63, 3.8) is 0 Å². The Morgan fingerprint density at radius 2 is 2.08 bits per heavy atom. The number of rotatable bonds is 3. The van der Waals surface area contributed by atoms with Crippen molar-refractivity contribution in [3.05, 3.63) is 12.2 Å². The Kier molecular flexibility index (Phi) is 4.99. The van der Waals surface area contributed by atoms with Crippen LogP contribution in [0.3, 0.4) is 0 Å². The number of epoxide rings is 1. The van der Waals surface area contributed by atoms with Gasteiger partial charge in [0.05, 0.1) is 12.6 Å². The molecule has 2 N–H and O–H groups in total. The van der Waals surface area contributed by atoms with E-state index in [-0.39, 0.29) is 19.1 Å². The molecular formula is C15H20Cl3NO6. The number of aliphatic hydroxyl groups excluding tert-OH is 1. The van der Waals surface area contributed by atoms with Crippen LogP contribution in [0.25, 0.3) is 0 Å². The molecule has 2 saturated heterocycles. The van der Waals surface area contributed by atoms with Crippen molar-refractivity contribution in [2.24, 2.45) is 0 Å². The number of carbonyl (C=O) groups excluding carboxylic acids is 1. The normalized spacial score (nSPS) is 39.2. The second-order valence-electron chi connectivity index (χ2n) is 7.00. The fourth-order valence-corrected chi connectivity index (χ4v) is 3.62. The van der Waals surface area contributed by atoms with Crippen molar-refractivity contribution in [1.29, 1.82) is 0 Å². The minimum Gasteiger partial charge on any atom is -0.445 e. The molecule has 2 fully saturated rings. The first-order valence-electron chi connectivity index (χ1n) is 7.85. The van der Waals surface area contributed by atoms with Crippen molar-refractivity contribution in [2.45, 2.75) is 59.7 Å². The van der Waals surface area contributed by atoms with Crippen LogP contribution < -0.4 is 0 Å². The molecule has 7 nitrogen and oxygen atoms in total. The number of carbonyl (C=O) groups is 1. The van der Waals surface area contributed by atoms with Crippen molar-refractivity contribution in [2.75, 3.05) is 13.2 Å². The molecule has 5 atom stereocenters. The van der Waals surface area contributed by atoms with E-state index >= 15 is 0 Å². The van der Waals surface area contributed by atoms with E-state index in [4.69, 9.17) is 49.0 Å². The summed E-state index contributed by atoms with van der Waals surface area (Å²) in [5.74, 6) is 0. The maximum atomic E-state index is 12.5.